The molecule has 0 bridgehead atoms. The summed E-state index contributed by atoms with van der Waals surface area (Å²) in [5.74, 6) is 0. The van der Waals surface area contributed by atoms with Crippen LogP contribution in [0.4, 0.5) is 10.5 Å². The molecule has 0 unspecified atom stereocenters. The van der Waals surface area contributed by atoms with E-state index in [1.165, 1.54) is 0 Å². The van der Waals surface area contributed by atoms with E-state index in [4.69, 9.17) is 10.8 Å². The molecule has 2 rings (SSSR count). The average molecular weight is 263 g/mol. The molecule has 19 heavy (non-hydrogen) atoms. The highest BCUT2D eigenvalue weighted by molar-refractivity contribution is 5.75. The van der Waals surface area contributed by atoms with E-state index < -0.39 is 0 Å². The largest absolute Gasteiger partial charge is 0.399 e. The van der Waals surface area contributed by atoms with Crippen LogP contribution in [0.5, 0.6) is 0 Å². The number of hydrogen-bond donors (Lipinski definition) is 4. The van der Waals surface area contributed by atoms with Crippen LogP contribution in [0, 0.1) is 0 Å². The number of nitrogen functional groups attached to an aromatic ring is 1. The van der Waals surface area contributed by atoms with Crippen molar-refractivity contribution >= 4 is 11.7 Å². The molecule has 5 nitrogen and oxygen atoms in total. The molecule has 0 radical (unpaired) electrons. The number of urea groups is 1. The molecule has 0 heterocycles. The van der Waals surface area contributed by atoms with Crippen molar-refractivity contribution in [2.24, 2.45) is 0 Å². The minimum atomic E-state index is -0.298. The zero-order valence-corrected chi connectivity index (χ0v) is 11.0. The number of anilines is 1. The van der Waals surface area contributed by atoms with Crippen LogP contribution in [0.15, 0.2) is 24.3 Å². The second-order valence-electron chi connectivity index (χ2n) is 5.02. The number of hydrogen-bond acceptors (Lipinski definition) is 3. The highest BCUT2D eigenvalue weighted by atomic mass is 16.3. The third kappa shape index (κ3) is 3.17. The third-order valence-corrected chi connectivity index (χ3v) is 3.67. The average Bonchev–Trinajstić information content (AvgIpc) is 2.86. The van der Waals surface area contributed by atoms with Crippen LogP contribution in [0.3, 0.4) is 0 Å². The Bertz CT molecular complexity index is 425. The van der Waals surface area contributed by atoms with Crippen molar-refractivity contribution in [2.75, 3.05) is 18.9 Å². The number of carbonyl (C=O) groups excluding carboxylic acids is 1. The zero-order chi connectivity index (χ0) is 13.7. The summed E-state index contributed by atoms with van der Waals surface area (Å²) in [4.78, 5) is 11.8. The van der Waals surface area contributed by atoms with E-state index >= 15 is 0 Å². The van der Waals surface area contributed by atoms with Crippen LogP contribution in [0.25, 0.3) is 0 Å². The molecular weight excluding hydrogens is 242 g/mol. The molecule has 1 aromatic rings. The Hall–Kier alpha value is -1.75. The second-order valence-corrected chi connectivity index (χ2v) is 5.02. The molecule has 1 aromatic carbocycles. The van der Waals surface area contributed by atoms with Gasteiger partial charge in [0.1, 0.15) is 0 Å². The molecule has 0 atom stereocenters. The lowest BCUT2D eigenvalue weighted by Crippen LogP contribution is -2.49. The first-order valence-electron chi connectivity index (χ1n) is 6.69. The molecule has 104 valence electrons. The highest BCUT2D eigenvalue weighted by Crippen LogP contribution is 2.38. The number of nitrogens with two attached hydrogens (primary N) is 1. The van der Waals surface area contributed by atoms with E-state index in [2.05, 4.69) is 10.6 Å². The molecule has 0 aromatic heterocycles. The first kappa shape index (κ1) is 13.7. The maximum Gasteiger partial charge on any atom is 0.315 e. The Morgan fingerprint density at radius 3 is 2.47 bits per heavy atom. The van der Waals surface area contributed by atoms with Crippen molar-refractivity contribution in [2.45, 2.75) is 31.2 Å². The topological polar surface area (TPSA) is 87.4 Å². The maximum atomic E-state index is 11.8. The van der Waals surface area contributed by atoms with Crippen LogP contribution < -0.4 is 16.4 Å². The van der Waals surface area contributed by atoms with Gasteiger partial charge in [0.2, 0.25) is 0 Å². The number of carbonyl (C=O) groups is 1. The van der Waals surface area contributed by atoms with Gasteiger partial charge in [-0.1, -0.05) is 25.0 Å². The lowest BCUT2D eigenvalue weighted by atomic mass is 9.88. The first-order chi connectivity index (χ1) is 9.16. The Labute approximate surface area is 113 Å². The van der Waals surface area contributed by atoms with Crippen molar-refractivity contribution < 1.29 is 9.90 Å². The van der Waals surface area contributed by atoms with Crippen LogP contribution >= 0.6 is 0 Å². The molecule has 2 amide bonds. The third-order valence-electron chi connectivity index (χ3n) is 3.67. The highest BCUT2D eigenvalue weighted by Gasteiger charge is 2.36. The lowest BCUT2D eigenvalue weighted by Gasteiger charge is -2.31. The van der Waals surface area contributed by atoms with Crippen molar-refractivity contribution in [3.8, 4) is 0 Å². The van der Waals surface area contributed by atoms with Crippen LogP contribution in [-0.2, 0) is 5.54 Å². The molecular formula is C14H21N3O2. The van der Waals surface area contributed by atoms with Gasteiger partial charge in [0, 0.05) is 12.2 Å². The lowest BCUT2D eigenvalue weighted by molar-refractivity contribution is 0.219. The van der Waals surface area contributed by atoms with Gasteiger partial charge in [-0.05, 0) is 30.5 Å². The fourth-order valence-electron chi connectivity index (χ4n) is 2.70. The van der Waals surface area contributed by atoms with Crippen molar-refractivity contribution in [3.63, 3.8) is 0 Å². The van der Waals surface area contributed by atoms with E-state index in [1.807, 2.05) is 24.3 Å². The minimum Gasteiger partial charge on any atom is -0.399 e. The Morgan fingerprint density at radius 2 is 1.89 bits per heavy atom. The fourth-order valence-corrected chi connectivity index (χ4v) is 2.70. The van der Waals surface area contributed by atoms with E-state index in [9.17, 15) is 4.79 Å². The van der Waals surface area contributed by atoms with Crippen molar-refractivity contribution in [1.82, 2.24) is 10.6 Å². The second kappa shape index (κ2) is 5.93. The smallest absolute Gasteiger partial charge is 0.315 e. The summed E-state index contributed by atoms with van der Waals surface area (Å²) in [6, 6.07) is 7.46. The van der Waals surface area contributed by atoms with Crippen molar-refractivity contribution in [3.05, 3.63) is 29.8 Å². The summed E-state index contributed by atoms with van der Waals surface area (Å²) in [5.41, 5.74) is 7.23. The first-order valence-corrected chi connectivity index (χ1v) is 6.69. The molecule has 0 saturated heterocycles. The van der Waals surface area contributed by atoms with Gasteiger partial charge in [0.05, 0.1) is 12.1 Å². The maximum absolute atomic E-state index is 11.8. The predicted octanol–water partition coefficient (Wildman–Crippen LogP) is 1.33. The summed E-state index contributed by atoms with van der Waals surface area (Å²) >= 11 is 0. The van der Waals surface area contributed by atoms with Gasteiger partial charge in [-0.3, -0.25) is 0 Å². The summed E-state index contributed by atoms with van der Waals surface area (Å²) in [5, 5.41) is 14.4. The standard InChI is InChI=1S/C14H21N3O2/c15-12-5-3-11(4-6-12)14(7-1-2-8-14)17-13(19)16-9-10-18/h3-6,18H,1-2,7-10,15H2,(H2,16,17,19). The van der Waals surface area contributed by atoms with Gasteiger partial charge in [-0.25, -0.2) is 4.79 Å². The van der Waals surface area contributed by atoms with Gasteiger partial charge in [-0.2, -0.15) is 0 Å². The Kier molecular flexibility index (Phi) is 4.27. The van der Waals surface area contributed by atoms with Gasteiger partial charge in [0.15, 0.2) is 0 Å². The number of rotatable bonds is 4. The number of benzene rings is 1. The summed E-state index contributed by atoms with van der Waals surface area (Å²) < 4.78 is 0. The summed E-state index contributed by atoms with van der Waals surface area (Å²) in [7, 11) is 0. The van der Waals surface area contributed by atoms with E-state index in [-0.39, 0.29) is 24.7 Å². The SMILES string of the molecule is Nc1ccc(C2(NC(=O)NCCO)CCCC2)cc1. The van der Waals surface area contributed by atoms with Gasteiger partial charge >= 0.3 is 6.03 Å². The van der Waals surface area contributed by atoms with Crippen LogP contribution in [-0.4, -0.2) is 24.3 Å². The molecule has 0 spiro atoms. The zero-order valence-electron chi connectivity index (χ0n) is 11.0. The van der Waals surface area contributed by atoms with E-state index in [0.29, 0.717) is 0 Å². The van der Waals surface area contributed by atoms with Gasteiger partial charge < -0.3 is 21.5 Å². The molecule has 1 aliphatic rings. The summed E-state index contributed by atoms with van der Waals surface area (Å²) in [6.45, 7) is 0.214. The molecule has 5 heteroatoms. The van der Waals surface area contributed by atoms with Crippen molar-refractivity contribution in [1.29, 1.82) is 0 Å². The van der Waals surface area contributed by atoms with Gasteiger partial charge in [-0.15, -0.1) is 0 Å². The predicted molar refractivity (Wildman–Crippen MR) is 74.6 cm³/mol. The Morgan fingerprint density at radius 1 is 1.26 bits per heavy atom. The monoisotopic (exact) mass is 263 g/mol. The molecule has 1 fully saturated rings. The minimum absolute atomic E-state index is 0.0533. The molecule has 0 aliphatic heterocycles. The van der Waals surface area contributed by atoms with Gasteiger partial charge in [0.25, 0.3) is 0 Å². The van der Waals surface area contributed by atoms with Crippen LogP contribution in [0.2, 0.25) is 0 Å². The van der Waals surface area contributed by atoms with Crippen LogP contribution in [0.1, 0.15) is 31.2 Å². The van der Waals surface area contributed by atoms with E-state index in [0.717, 1.165) is 36.9 Å². The fraction of sp³-hybridized carbons (Fsp3) is 0.500. The molecule has 1 saturated carbocycles. The Balaban J connectivity index is 2.13. The summed E-state index contributed by atoms with van der Waals surface area (Å²) in [6.07, 6.45) is 4.07. The van der Waals surface area contributed by atoms with E-state index in [1.54, 1.807) is 0 Å². The normalized spacial score (nSPS) is 17.1. The molecule has 5 N–H and O–H groups in total. The number of aliphatic hydroxyl groups is 1. The molecule has 1 aliphatic carbocycles. The number of nitrogens with one attached hydrogen (secondary N) is 2. The number of aliphatic hydroxyl groups excluding tert-OH is 1. The quantitative estimate of drug-likeness (QED) is 0.618. The number of amides is 2.